The Labute approximate surface area is 110 Å². The van der Waals surface area contributed by atoms with Crippen LogP contribution in [0, 0.1) is 22.9 Å². The highest BCUT2D eigenvalue weighted by molar-refractivity contribution is 5.64. The van der Waals surface area contributed by atoms with E-state index in [1.54, 1.807) is 6.92 Å². The zero-order valence-electron chi connectivity index (χ0n) is 10.8. The van der Waals surface area contributed by atoms with Crippen LogP contribution in [0.15, 0.2) is 12.1 Å². The predicted molar refractivity (Wildman–Crippen MR) is 69.7 cm³/mol. The van der Waals surface area contributed by atoms with Crippen molar-refractivity contribution in [2.24, 2.45) is 0 Å². The SMILES string of the molecule is Cc1cc(NC2(CO)CCCC2)c([N+](=O)[O-])cc1F. The molecule has 0 radical (unpaired) electrons. The third kappa shape index (κ3) is 2.68. The number of nitro benzene ring substituents is 1. The molecule has 1 aromatic carbocycles. The van der Waals surface area contributed by atoms with Crippen LogP contribution in [0.5, 0.6) is 0 Å². The number of halogens is 1. The fourth-order valence-electron chi connectivity index (χ4n) is 2.58. The molecule has 0 spiro atoms. The highest BCUT2D eigenvalue weighted by atomic mass is 19.1. The summed E-state index contributed by atoms with van der Waals surface area (Å²) in [5, 5.41) is 23.6. The average Bonchev–Trinajstić information content (AvgIpc) is 2.82. The lowest BCUT2D eigenvalue weighted by Gasteiger charge is -2.29. The van der Waals surface area contributed by atoms with E-state index in [0.29, 0.717) is 5.56 Å². The van der Waals surface area contributed by atoms with Crippen molar-refractivity contribution in [2.45, 2.75) is 38.1 Å². The summed E-state index contributed by atoms with van der Waals surface area (Å²) in [4.78, 5) is 10.4. The van der Waals surface area contributed by atoms with Gasteiger partial charge in [-0.1, -0.05) is 12.8 Å². The third-order valence-corrected chi connectivity index (χ3v) is 3.74. The monoisotopic (exact) mass is 268 g/mol. The standard InChI is InChI=1S/C13H17FN2O3/c1-9-6-11(12(16(18)19)7-10(9)14)15-13(8-17)4-2-3-5-13/h6-7,15,17H,2-5,8H2,1H3. The summed E-state index contributed by atoms with van der Waals surface area (Å²) >= 11 is 0. The summed E-state index contributed by atoms with van der Waals surface area (Å²) in [6.45, 7) is 1.48. The first-order valence-corrected chi connectivity index (χ1v) is 6.31. The zero-order chi connectivity index (χ0) is 14.0. The van der Waals surface area contributed by atoms with Crippen molar-refractivity contribution in [1.29, 1.82) is 0 Å². The molecule has 104 valence electrons. The van der Waals surface area contributed by atoms with E-state index in [-0.39, 0.29) is 18.0 Å². The molecule has 2 rings (SSSR count). The van der Waals surface area contributed by atoms with Crippen LogP contribution in [0.1, 0.15) is 31.2 Å². The van der Waals surface area contributed by atoms with Gasteiger partial charge in [0.15, 0.2) is 0 Å². The molecule has 6 heteroatoms. The number of anilines is 1. The van der Waals surface area contributed by atoms with Crippen LogP contribution in [0.2, 0.25) is 0 Å². The summed E-state index contributed by atoms with van der Waals surface area (Å²) in [6, 6.07) is 2.36. The van der Waals surface area contributed by atoms with E-state index in [1.807, 2.05) is 0 Å². The number of aliphatic hydroxyl groups is 1. The van der Waals surface area contributed by atoms with Crippen molar-refractivity contribution in [3.05, 3.63) is 33.6 Å². The minimum absolute atomic E-state index is 0.0828. The van der Waals surface area contributed by atoms with Crippen LogP contribution in [-0.4, -0.2) is 22.2 Å². The minimum atomic E-state index is -0.606. The van der Waals surface area contributed by atoms with Gasteiger partial charge >= 0.3 is 0 Å². The fourth-order valence-corrected chi connectivity index (χ4v) is 2.58. The van der Waals surface area contributed by atoms with E-state index in [0.717, 1.165) is 31.7 Å². The van der Waals surface area contributed by atoms with Gasteiger partial charge in [0.25, 0.3) is 5.69 Å². The van der Waals surface area contributed by atoms with E-state index in [9.17, 15) is 19.6 Å². The molecule has 1 saturated carbocycles. The topological polar surface area (TPSA) is 75.4 Å². The van der Waals surface area contributed by atoms with Crippen LogP contribution < -0.4 is 5.32 Å². The number of aliphatic hydroxyl groups excluding tert-OH is 1. The molecule has 5 nitrogen and oxygen atoms in total. The molecule has 0 saturated heterocycles. The Kier molecular flexibility index (Phi) is 3.71. The molecule has 0 heterocycles. The fraction of sp³-hybridized carbons (Fsp3) is 0.538. The van der Waals surface area contributed by atoms with Crippen LogP contribution in [0.25, 0.3) is 0 Å². The number of nitrogens with zero attached hydrogens (tertiary/aromatic N) is 1. The van der Waals surface area contributed by atoms with Gasteiger partial charge in [0.05, 0.1) is 23.1 Å². The van der Waals surface area contributed by atoms with Gasteiger partial charge in [-0.25, -0.2) is 4.39 Å². The molecular formula is C13H17FN2O3. The van der Waals surface area contributed by atoms with Gasteiger partial charge in [0.2, 0.25) is 0 Å². The molecule has 0 amide bonds. The van der Waals surface area contributed by atoms with Crippen molar-refractivity contribution >= 4 is 11.4 Å². The zero-order valence-corrected chi connectivity index (χ0v) is 10.8. The summed E-state index contributed by atoms with van der Waals surface area (Å²) in [5.41, 5.74) is -0.184. The van der Waals surface area contributed by atoms with Crippen LogP contribution >= 0.6 is 0 Å². The Morgan fingerprint density at radius 3 is 2.63 bits per heavy atom. The molecule has 1 aliphatic rings. The number of nitro groups is 1. The lowest BCUT2D eigenvalue weighted by Crippen LogP contribution is -2.39. The first-order chi connectivity index (χ1) is 8.97. The Balaban J connectivity index is 2.38. The largest absolute Gasteiger partial charge is 0.394 e. The smallest absolute Gasteiger partial charge is 0.295 e. The Morgan fingerprint density at radius 2 is 2.11 bits per heavy atom. The maximum atomic E-state index is 13.4. The number of hydrogen-bond donors (Lipinski definition) is 2. The van der Waals surface area contributed by atoms with Gasteiger partial charge in [-0.3, -0.25) is 10.1 Å². The van der Waals surface area contributed by atoms with Crippen molar-refractivity contribution < 1.29 is 14.4 Å². The molecule has 0 aliphatic heterocycles. The van der Waals surface area contributed by atoms with E-state index >= 15 is 0 Å². The molecule has 0 aromatic heterocycles. The molecule has 19 heavy (non-hydrogen) atoms. The van der Waals surface area contributed by atoms with Crippen molar-refractivity contribution in [1.82, 2.24) is 0 Å². The number of hydrogen-bond acceptors (Lipinski definition) is 4. The van der Waals surface area contributed by atoms with Crippen molar-refractivity contribution in [2.75, 3.05) is 11.9 Å². The lowest BCUT2D eigenvalue weighted by molar-refractivity contribution is -0.384. The summed E-state index contributed by atoms with van der Waals surface area (Å²) in [7, 11) is 0. The van der Waals surface area contributed by atoms with Gasteiger partial charge < -0.3 is 10.4 Å². The molecule has 1 fully saturated rings. The number of benzene rings is 1. The van der Waals surface area contributed by atoms with Crippen LogP contribution in [-0.2, 0) is 0 Å². The molecule has 1 aromatic rings. The molecule has 1 aliphatic carbocycles. The molecular weight excluding hydrogens is 251 g/mol. The summed E-state index contributed by atoms with van der Waals surface area (Å²) < 4.78 is 13.4. The molecule has 2 N–H and O–H groups in total. The summed E-state index contributed by atoms with van der Waals surface area (Å²) in [6.07, 6.45) is 3.47. The minimum Gasteiger partial charge on any atom is -0.394 e. The lowest BCUT2D eigenvalue weighted by atomic mass is 9.98. The van der Waals surface area contributed by atoms with Gasteiger partial charge in [-0.15, -0.1) is 0 Å². The average molecular weight is 268 g/mol. The normalized spacial score (nSPS) is 17.4. The third-order valence-electron chi connectivity index (χ3n) is 3.74. The van der Waals surface area contributed by atoms with Gasteiger partial charge in [-0.05, 0) is 31.4 Å². The highest BCUT2D eigenvalue weighted by Crippen LogP contribution is 2.36. The van der Waals surface area contributed by atoms with Crippen molar-refractivity contribution in [3.63, 3.8) is 0 Å². The summed E-state index contributed by atoms with van der Waals surface area (Å²) in [5.74, 6) is -0.596. The van der Waals surface area contributed by atoms with E-state index in [4.69, 9.17) is 0 Å². The number of rotatable bonds is 4. The van der Waals surface area contributed by atoms with Gasteiger partial charge in [-0.2, -0.15) is 0 Å². The first kappa shape index (κ1) is 13.7. The Bertz CT molecular complexity index is 499. The van der Waals surface area contributed by atoms with E-state index in [2.05, 4.69) is 5.32 Å². The molecule has 0 atom stereocenters. The maximum Gasteiger partial charge on any atom is 0.295 e. The second-order valence-electron chi connectivity index (χ2n) is 5.15. The Morgan fingerprint density at radius 1 is 1.47 bits per heavy atom. The Hall–Kier alpha value is -1.69. The second kappa shape index (κ2) is 5.13. The van der Waals surface area contributed by atoms with E-state index < -0.39 is 16.3 Å². The second-order valence-corrected chi connectivity index (χ2v) is 5.15. The number of nitrogens with one attached hydrogen (secondary N) is 1. The quantitative estimate of drug-likeness (QED) is 0.650. The van der Waals surface area contributed by atoms with Crippen LogP contribution in [0.3, 0.4) is 0 Å². The predicted octanol–water partition coefficient (Wildman–Crippen LogP) is 2.76. The maximum absolute atomic E-state index is 13.4. The first-order valence-electron chi connectivity index (χ1n) is 6.31. The number of aryl methyl sites for hydroxylation is 1. The van der Waals surface area contributed by atoms with E-state index in [1.165, 1.54) is 6.07 Å². The molecule has 0 unspecified atom stereocenters. The van der Waals surface area contributed by atoms with Gasteiger partial charge in [0, 0.05) is 0 Å². The van der Waals surface area contributed by atoms with Gasteiger partial charge in [0.1, 0.15) is 11.5 Å². The highest BCUT2D eigenvalue weighted by Gasteiger charge is 2.35. The van der Waals surface area contributed by atoms with Crippen LogP contribution in [0.4, 0.5) is 15.8 Å². The van der Waals surface area contributed by atoms with Crippen molar-refractivity contribution in [3.8, 4) is 0 Å². The molecule has 0 bridgehead atoms.